The number of benzene rings is 8. The van der Waals surface area contributed by atoms with Crippen LogP contribution in [0.25, 0.3) is 65.0 Å². The van der Waals surface area contributed by atoms with Gasteiger partial charge in [0.2, 0.25) is 0 Å². The summed E-state index contributed by atoms with van der Waals surface area (Å²) in [5.74, 6) is 0. The summed E-state index contributed by atoms with van der Waals surface area (Å²) in [7, 11) is 0. The third kappa shape index (κ3) is 3.45. The van der Waals surface area contributed by atoms with E-state index in [2.05, 4.69) is 144 Å². The van der Waals surface area contributed by atoms with Crippen LogP contribution in [0.5, 0.6) is 0 Å². The topological polar surface area (TPSA) is 16.4 Å². The van der Waals surface area contributed by atoms with Gasteiger partial charge in [-0.1, -0.05) is 109 Å². The Labute approximate surface area is 242 Å². The molecule has 42 heavy (non-hydrogen) atoms. The number of fused-ring (bicyclic) bond motifs is 9. The Balaban J connectivity index is 1.35. The largest absolute Gasteiger partial charge is 0.456 e. The number of rotatable bonds is 3. The van der Waals surface area contributed by atoms with Gasteiger partial charge in [-0.05, 0) is 74.1 Å². The fourth-order valence-corrected chi connectivity index (χ4v) is 6.64. The Kier molecular flexibility index (Phi) is 4.93. The second-order valence-electron chi connectivity index (χ2n) is 11.0. The Bertz CT molecular complexity index is 2490. The third-order valence-corrected chi connectivity index (χ3v) is 8.59. The van der Waals surface area contributed by atoms with E-state index in [1.807, 2.05) is 12.1 Å². The molecule has 0 unspecified atom stereocenters. The van der Waals surface area contributed by atoms with Crippen molar-refractivity contribution in [3.05, 3.63) is 152 Å². The van der Waals surface area contributed by atoms with Gasteiger partial charge in [0, 0.05) is 33.6 Å². The van der Waals surface area contributed by atoms with Crippen molar-refractivity contribution in [3.8, 4) is 0 Å². The second kappa shape index (κ2) is 8.95. The van der Waals surface area contributed by atoms with Gasteiger partial charge in [0.1, 0.15) is 11.2 Å². The maximum absolute atomic E-state index is 6.36. The first-order valence-electron chi connectivity index (χ1n) is 14.4. The molecule has 0 bridgehead atoms. The van der Waals surface area contributed by atoms with Crippen LogP contribution in [0, 0.1) is 0 Å². The molecule has 0 aliphatic heterocycles. The first-order valence-corrected chi connectivity index (χ1v) is 14.4. The molecule has 2 heteroatoms. The van der Waals surface area contributed by atoms with Gasteiger partial charge in [0.25, 0.3) is 0 Å². The summed E-state index contributed by atoms with van der Waals surface area (Å²) in [6.45, 7) is 0. The lowest BCUT2D eigenvalue weighted by molar-refractivity contribution is 0.669. The highest BCUT2D eigenvalue weighted by Gasteiger charge is 2.19. The molecule has 0 spiro atoms. The summed E-state index contributed by atoms with van der Waals surface area (Å²) >= 11 is 0. The third-order valence-electron chi connectivity index (χ3n) is 8.59. The highest BCUT2D eigenvalue weighted by atomic mass is 16.3. The van der Waals surface area contributed by atoms with Crippen molar-refractivity contribution in [2.45, 2.75) is 0 Å². The first-order chi connectivity index (χ1) is 20.8. The molecule has 9 rings (SSSR count). The van der Waals surface area contributed by atoms with Crippen molar-refractivity contribution in [3.63, 3.8) is 0 Å². The summed E-state index contributed by atoms with van der Waals surface area (Å²) in [5.41, 5.74) is 5.09. The Morgan fingerprint density at radius 3 is 1.69 bits per heavy atom. The minimum atomic E-state index is 0.885. The SMILES string of the molecule is c1ccc2c(c1)ccc1cc(N(c3ccc4c(c3)oc3ccccc34)c3cc4ccccc4c4ccccc34)ccc12. The summed E-state index contributed by atoms with van der Waals surface area (Å²) < 4.78 is 6.36. The van der Waals surface area contributed by atoms with Gasteiger partial charge in [0.15, 0.2) is 0 Å². The molecule has 1 aromatic heterocycles. The van der Waals surface area contributed by atoms with Crippen molar-refractivity contribution in [1.82, 2.24) is 0 Å². The molecular weight excluding hydrogens is 510 g/mol. The quantitative estimate of drug-likeness (QED) is 0.209. The molecule has 9 aromatic rings. The molecule has 0 aliphatic carbocycles. The van der Waals surface area contributed by atoms with Crippen LogP contribution in [0.1, 0.15) is 0 Å². The Hall–Kier alpha value is -5.60. The van der Waals surface area contributed by atoms with Crippen LogP contribution in [0.3, 0.4) is 0 Å². The summed E-state index contributed by atoms with van der Waals surface area (Å²) in [4.78, 5) is 2.38. The molecule has 1 heterocycles. The first kappa shape index (κ1) is 23.1. The van der Waals surface area contributed by atoms with E-state index in [1.54, 1.807) is 0 Å². The van der Waals surface area contributed by atoms with E-state index in [-0.39, 0.29) is 0 Å². The minimum absolute atomic E-state index is 0.885. The normalized spacial score (nSPS) is 11.8. The summed E-state index contributed by atoms with van der Waals surface area (Å²) in [6, 6.07) is 54.5. The molecule has 0 saturated heterocycles. The number of hydrogen-bond donors (Lipinski definition) is 0. The number of para-hydroxylation sites is 1. The van der Waals surface area contributed by atoms with E-state index in [4.69, 9.17) is 4.42 Å². The van der Waals surface area contributed by atoms with Crippen LogP contribution in [0.15, 0.2) is 156 Å². The molecule has 0 saturated carbocycles. The van der Waals surface area contributed by atoms with Crippen molar-refractivity contribution in [1.29, 1.82) is 0 Å². The molecule has 0 radical (unpaired) electrons. The Morgan fingerprint density at radius 2 is 0.857 bits per heavy atom. The van der Waals surface area contributed by atoms with Gasteiger partial charge in [0.05, 0.1) is 5.69 Å². The maximum atomic E-state index is 6.36. The number of nitrogens with zero attached hydrogens (tertiary/aromatic N) is 1. The van der Waals surface area contributed by atoms with Crippen LogP contribution in [-0.4, -0.2) is 0 Å². The van der Waals surface area contributed by atoms with Gasteiger partial charge >= 0.3 is 0 Å². The van der Waals surface area contributed by atoms with Crippen molar-refractivity contribution in [2.24, 2.45) is 0 Å². The predicted octanol–water partition coefficient (Wildman–Crippen LogP) is 11.7. The van der Waals surface area contributed by atoms with E-state index >= 15 is 0 Å². The second-order valence-corrected chi connectivity index (χ2v) is 11.0. The minimum Gasteiger partial charge on any atom is -0.456 e. The summed E-state index contributed by atoms with van der Waals surface area (Å²) in [5, 5.41) is 12.2. The fraction of sp³-hybridized carbons (Fsp3) is 0. The number of anilines is 3. The highest BCUT2D eigenvalue weighted by Crippen LogP contribution is 2.44. The zero-order valence-electron chi connectivity index (χ0n) is 22.8. The van der Waals surface area contributed by atoms with Crippen LogP contribution < -0.4 is 4.90 Å². The highest BCUT2D eigenvalue weighted by molar-refractivity contribution is 6.16. The Morgan fingerprint density at radius 1 is 0.333 bits per heavy atom. The van der Waals surface area contributed by atoms with Crippen molar-refractivity contribution < 1.29 is 4.42 Å². The lowest BCUT2D eigenvalue weighted by Crippen LogP contribution is -2.10. The van der Waals surface area contributed by atoms with Gasteiger partial charge < -0.3 is 9.32 Å². The van der Waals surface area contributed by atoms with E-state index in [0.717, 1.165) is 39.0 Å². The van der Waals surface area contributed by atoms with Gasteiger partial charge in [-0.3, -0.25) is 0 Å². The average Bonchev–Trinajstić information content (AvgIpc) is 3.43. The van der Waals surface area contributed by atoms with E-state index < -0.39 is 0 Å². The van der Waals surface area contributed by atoms with Gasteiger partial charge in [-0.15, -0.1) is 0 Å². The van der Waals surface area contributed by atoms with E-state index in [1.165, 1.54) is 43.1 Å². The van der Waals surface area contributed by atoms with E-state index in [0.29, 0.717) is 0 Å². The van der Waals surface area contributed by atoms with Crippen LogP contribution in [-0.2, 0) is 0 Å². The molecule has 0 amide bonds. The van der Waals surface area contributed by atoms with E-state index in [9.17, 15) is 0 Å². The lowest BCUT2D eigenvalue weighted by Gasteiger charge is -2.28. The smallest absolute Gasteiger partial charge is 0.137 e. The molecule has 196 valence electrons. The molecule has 8 aromatic carbocycles. The monoisotopic (exact) mass is 535 g/mol. The molecule has 0 N–H and O–H groups in total. The zero-order chi connectivity index (χ0) is 27.6. The molecular formula is C40H25NO. The standard InChI is InChI=1S/C40H25NO/c1-3-11-31-26(9-1)17-18-28-23-29(19-21-33(28)31)41(30-20-22-37-36-15-7-8-16-39(36)42-40(37)25-30)38-24-27-10-2-4-12-32(27)34-13-5-6-14-35(34)38/h1-25H. The summed E-state index contributed by atoms with van der Waals surface area (Å²) in [6.07, 6.45) is 0. The van der Waals surface area contributed by atoms with Gasteiger partial charge in [-0.2, -0.15) is 0 Å². The lowest BCUT2D eigenvalue weighted by atomic mass is 9.98. The zero-order valence-corrected chi connectivity index (χ0v) is 22.8. The number of furan rings is 1. The van der Waals surface area contributed by atoms with Crippen molar-refractivity contribution >= 4 is 82.1 Å². The molecule has 0 aliphatic rings. The maximum Gasteiger partial charge on any atom is 0.137 e. The fourth-order valence-electron chi connectivity index (χ4n) is 6.64. The molecule has 0 fully saturated rings. The van der Waals surface area contributed by atoms with Gasteiger partial charge in [-0.25, -0.2) is 0 Å². The van der Waals surface area contributed by atoms with Crippen LogP contribution in [0.2, 0.25) is 0 Å². The van der Waals surface area contributed by atoms with Crippen LogP contribution in [0.4, 0.5) is 17.1 Å². The molecule has 2 nitrogen and oxygen atoms in total. The number of hydrogen-bond acceptors (Lipinski definition) is 2. The van der Waals surface area contributed by atoms with Crippen LogP contribution >= 0.6 is 0 Å². The van der Waals surface area contributed by atoms with Crippen molar-refractivity contribution in [2.75, 3.05) is 4.90 Å². The average molecular weight is 536 g/mol. The predicted molar refractivity (Wildman–Crippen MR) is 178 cm³/mol. The molecule has 0 atom stereocenters.